The summed E-state index contributed by atoms with van der Waals surface area (Å²) < 4.78 is 0. The molecule has 0 saturated heterocycles. The molecular weight excluding hydrogens is 268 g/mol. The van der Waals surface area contributed by atoms with Crippen molar-refractivity contribution in [3.63, 3.8) is 0 Å². The minimum Gasteiger partial charge on any atom is -0.356 e. The molecule has 1 unspecified atom stereocenters. The average Bonchev–Trinajstić information content (AvgIpc) is 2.70. The van der Waals surface area contributed by atoms with Crippen molar-refractivity contribution in [2.45, 2.75) is 47.5 Å². The molecule has 118 valence electrons. The summed E-state index contributed by atoms with van der Waals surface area (Å²) in [4.78, 5) is 36.9. The molecule has 0 aliphatic carbocycles. The Morgan fingerprint density at radius 1 is 1.14 bits per heavy atom. The smallest absolute Gasteiger partial charge is 0.253 e. The maximum absolute atomic E-state index is 12.2. The van der Waals surface area contributed by atoms with E-state index in [4.69, 9.17) is 0 Å². The van der Waals surface area contributed by atoms with Crippen molar-refractivity contribution in [1.29, 1.82) is 0 Å². The second-order valence-corrected chi connectivity index (χ2v) is 6.68. The van der Waals surface area contributed by atoms with Crippen LogP contribution in [0.3, 0.4) is 0 Å². The monoisotopic (exact) mass is 294 g/mol. The van der Waals surface area contributed by atoms with Crippen LogP contribution in [0.4, 0.5) is 0 Å². The predicted octanol–water partition coefficient (Wildman–Crippen LogP) is 1.88. The van der Waals surface area contributed by atoms with Crippen LogP contribution in [-0.2, 0) is 14.4 Å². The molecule has 1 atom stereocenters. The summed E-state index contributed by atoms with van der Waals surface area (Å²) in [6.07, 6.45) is 3.99. The average molecular weight is 294 g/mol. The summed E-state index contributed by atoms with van der Waals surface area (Å²) in [5, 5.41) is 2.84. The first-order chi connectivity index (χ1) is 9.65. The van der Waals surface area contributed by atoms with Gasteiger partial charge in [-0.1, -0.05) is 27.7 Å². The van der Waals surface area contributed by atoms with Crippen LogP contribution in [-0.4, -0.2) is 35.7 Å². The number of rotatable bonds is 7. The molecule has 0 aromatic carbocycles. The lowest BCUT2D eigenvalue weighted by atomic mass is 9.71. The number of hydrogen-bond donors (Lipinski definition) is 1. The lowest BCUT2D eigenvalue weighted by Gasteiger charge is -2.38. The molecule has 1 aliphatic rings. The van der Waals surface area contributed by atoms with E-state index in [0.717, 1.165) is 6.42 Å². The van der Waals surface area contributed by atoms with Crippen LogP contribution in [0, 0.1) is 10.8 Å². The molecule has 0 aromatic heterocycles. The van der Waals surface area contributed by atoms with E-state index in [1.807, 2.05) is 34.6 Å². The molecular formula is C16H26N2O3. The van der Waals surface area contributed by atoms with E-state index in [-0.39, 0.29) is 23.1 Å². The largest absolute Gasteiger partial charge is 0.356 e. The molecule has 0 aromatic rings. The quantitative estimate of drug-likeness (QED) is 0.729. The van der Waals surface area contributed by atoms with Crippen molar-refractivity contribution in [3.8, 4) is 0 Å². The molecule has 5 heteroatoms. The Morgan fingerprint density at radius 3 is 2.10 bits per heavy atom. The molecule has 0 radical (unpaired) electrons. The summed E-state index contributed by atoms with van der Waals surface area (Å²) in [5.41, 5.74) is -0.827. The Morgan fingerprint density at radius 2 is 1.67 bits per heavy atom. The zero-order chi connectivity index (χ0) is 16.3. The third-order valence-electron chi connectivity index (χ3n) is 4.11. The summed E-state index contributed by atoms with van der Waals surface area (Å²) in [6, 6.07) is 0. The lowest BCUT2D eigenvalue weighted by molar-refractivity contribution is -0.139. The number of nitrogens with zero attached hydrogens (tertiary/aromatic N) is 1. The van der Waals surface area contributed by atoms with Gasteiger partial charge in [0, 0.05) is 30.7 Å². The topological polar surface area (TPSA) is 66.5 Å². The molecule has 1 N–H and O–H groups in total. The Balaban J connectivity index is 2.82. The van der Waals surface area contributed by atoms with Gasteiger partial charge < -0.3 is 5.32 Å². The van der Waals surface area contributed by atoms with Gasteiger partial charge in [0.2, 0.25) is 5.91 Å². The zero-order valence-electron chi connectivity index (χ0n) is 13.7. The Labute approximate surface area is 126 Å². The van der Waals surface area contributed by atoms with Crippen LogP contribution < -0.4 is 5.32 Å². The SMILES string of the molecule is CCNC(=O)C(C)(C)CC(C)(CC)CN1C(=O)C=CC1=O. The first-order valence-electron chi connectivity index (χ1n) is 7.47. The summed E-state index contributed by atoms with van der Waals surface area (Å²) in [6.45, 7) is 10.7. The van der Waals surface area contributed by atoms with E-state index in [2.05, 4.69) is 5.32 Å². The fourth-order valence-electron chi connectivity index (χ4n) is 2.81. The van der Waals surface area contributed by atoms with Gasteiger partial charge in [0.1, 0.15) is 0 Å². The second-order valence-electron chi connectivity index (χ2n) is 6.68. The first-order valence-corrected chi connectivity index (χ1v) is 7.47. The molecule has 0 spiro atoms. The van der Waals surface area contributed by atoms with Crippen LogP contribution in [0.2, 0.25) is 0 Å². The normalized spacial score (nSPS) is 18.0. The van der Waals surface area contributed by atoms with Crippen LogP contribution in [0.1, 0.15) is 47.5 Å². The maximum atomic E-state index is 12.2. The minimum atomic E-state index is -0.542. The number of carbonyl (C=O) groups excluding carboxylic acids is 3. The van der Waals surface area contributed by atoms with Gasteiger partial charge in [-0.15, -0.1) is 0 Å². The van der Waals surface area contributed by atoms with Crippen LogP contribution in [0.25, 0.3) is 0 Å². The number of imide groups is 1. The number of amides is 3. The second kappa shape index (κ2) is 6.41. The van der Waals surface area contributed by atoms with Crippen LogP contribution in [0.5, 0.6) is 0 Å². The third kappa shape index (κ3) is 4.16. The molecule has 0 saturated carbocycles. The highest BCUT2D eigenvalue weighted by Crippen LogP contribution is 2.37. The minimum absolute atomic E-state index is 0.00174. The van der Waals surface area contributed by atoms with Crippen LogP contribution in [0.15, 0.2) is 12.2 Å². The standard InChI is InChI=1S/C16H26N2O3/c1-6-16(5,10-15(3,4)14(21)17-7-2)11-18-12(19)8-9-13(18)20/h8-9H,6-7,10-11H2,1-5H3,(H,17,21). The molecule has 1 heterocycles. The number of carbonyl (C=O) groups is 3. The van der Waals surface area contributed by atoms with Crippen molar-refractivity contribution in [2.75, 3.05) is 13.1 Å². The molecule has 1 rings (SSSR count). The highest BCUT2D eigenvalue weighted by atomic mass is 16.2. The van der Waals surface area contributed by atoms with Crippen LogP contribution >= 0.6 is 0 Å². The molecule has 3 amide bonds. The number of nitrogens with one attached hydrogen (secondary N) is 1. The van der Waals surface area contributed by atoms with Gasteiger partial charge >= 0.3 is 0 Å². The Hall–Kier alpha value is -1.65. The predicted molar refractivity (Wildman–Crippen MR) is 81.3 cm³/mol. The molecule has 5 nitrogen and oxygen atoms in total. The fraction of sp³-hybridized carbons (Fsp3) is 0.688. The van der Waals surface area contributed by atoms with Crippen molar-refractivity contribution in [2.24, 2.45) is 10.8 Å². The van der Waals surface area contributed by atoms with E-state index in [1.165, 1.54) is 17.1 Å². The van der Waals surface area contributed by atoms with Gasteiger partial charge in [-0.05, 0) is 25.2 Å². The summed E-state index contributed by atoms with van der Waals surface area (Å²) in [7, 11) is 0. The molecule has 0 bridgehead atoms. The van der Waals surface area contributed by atoms with Crippen molar-refractivity contribution >= 4 is 17.7 Å². The lowest BCUT2D eigenvalue weighted by Crippen LogP contribution is -2.45. The van der Waals surface area contributed by atoms with E-state index >= 15 is 0 Å². The van der Waals surface area contributed by atoms with Gasteiger partial charge in [0.05, 0.1) is 0 Å². The van der Waals surface area contributed by atoms with E-state index < -0.39 is 5.41 Å². The molecule has 1 aliphatic heterocycles. The third-order valence-corrected chi connectivity index (χ3v) is 4.11. The maximum Gasteiger partial charge on any atom is 0.253 e. The van der Waals surface area contributed by atoms with Crippen molar-refractivity contribution in [1.82, 2.24) is 10.2 Å². The van der Waals surface area contributed by atoms with Crippen molar-refractivity contribution in [3.05, 3.63) is 12.2 Å². The highest BCUT2D eigenvalue weighted by Gasteiger charge is 2.39. The molecule has 0 fully saturated rings. The Kier molecular flexibility index (Phi) is 5.31. The van der Waals surface area contributed by atoms with E-state index in [9.17, 15) is 14.4 Å². The van der Waals surface area contributed by atoms with Gasteiger partial charge in [-0.3, -0.25) is 19.3 Å². The Bertz CT molecular complexity index is 450. The van der Waals surface area contributed by atoms with Gasteiger partial charge in [0.25, 0.3) is 11.8 Å². The molecule has 21 heavy (non-hydrogen) atoms. The van der Waals surface area contributed by atoms with Crippen molar-refractivity contribution < 1.29 is 14.4 Å². The van der Waals surface area contributed by atoms with E-state index in [1.54, 1.807) is 0 Å². The van der Waals surface area contributed by atoms with Gasteiger partial charge in [0.15, 0.2) is 0 Å². The summed E-state index contributed by atoms with van der Waals surface area (Å²) >= 11 is 0. The number of hydrogen-bond acceptors (Lipinski definition) is 3. The van der Waals surface area contributed by atoms with Gasteiger partial charge in [-0.2, -0.15) is 0 Å². The highest BCUT2D eigenvalue weighted by molar-refractivity contribution is 6.12. The first kappa shape index (κ1) is 17.4. The van der Waals surface area contributed by atoms with E-state index in [0.29, 0.717) is 19.5 Å². The fourth-order valence-corrected chi connectivity index (χ4v) is 2.81. The summed E-state index contributed by atoms with van der Waals surface area (Å²) in [5.74, 6) is -0.534. The zero-order valence-corrected chi connectivity index (χ0v) is 13.7. The van der Waals surface area contributed by atoms with Gasteiger partial charge in [-0.25, -0.2) is 0 Å².